The standard InChI is InChI=1S/C10H11ClF3N5O2/c1-18(19(9(15)20)5-17-21-2)8-7(11)3-6(4-16-8)10(12,13)14/h3-5H,1-2H3,(H2,15,20)/p+1/b17-5+. The van der Waals surface area contributed by atoms with Crippen LogP contribution in [-0.2, 0) is 11.0 Å². The maximum Gasteiger partial charge on any atom is 0.419 e. The maximum atomic E-state index is 12.5. The summed E-state index contributed by atoms with van der Waals surface area (Å²) >= 11 is 5.79. The number of hydrogen-bond donors (Lipinski definition) is 1. The van der Waals surface area contributed by atoms with Crippen molar-refractivity contribution in [1.29, 1.82) is 0 Å². The van der Waals surface area contributed by atoms with Crippen LogP contribution in [0.5, 0.6) is 0 Å². The lowest BCUT2D eigenvalue weighted by atomic mass is 10.3. The number of nitrogens with one attached hydrogen (secondary N) is 1. The van der Waals surface area contributed by atoms with Crippen molar-refractivity contribution in [1.82, 2.24) is 5.01 Å². The molecule has 7 nitrogen and oxygen atoms in total. The van der Waals surface area contributed by atoms with Crippen molar-refractivity contribution in [2.24, 2.45) is 10.9 Å². The van der Waals surface area contributed by atoms with Crippen LogP contribution in [0.1, 0.15) is 5.56 Å². The van der Waals surface area contributed by atoms with Gasteiger partial charge in [0.25, 0.3) is 0 Å². The summed E-state index contributed by atoms with van der Waals surface area (Å²) < 4.78 is 37.6. The molecule has 116 valence electrons. The van der Waals surface area contributed by atoms with Crippen LogP contribution in [-0.4, -0.2) is 31.5 Å². The Hall–Kier alpha value is -2.23. The Morgan fingerprint density at radius 1 is 1.57 bits per heavy atom. The van der Waals surface area contributed by atoms with Crippen LogP contribution in [0, 0.1) is 0 Å². The number of primary amides is 1. The summed E-state index contributed by atoms with van der Waals surface area (Å²) in [7, 11) is 2.59. The van der Waals surface area contributed by atoms with Crippen molar-refractivity contribution in [2.75, 3.05) is 19.2 Å². The first-order valence-corrected chi connectivity index (χ1v) is 5.73. The molecule has 0 atom stereocenters. The zero-order valence-electron chi connectivity index (χ0n) is 11.0. The lowest BCUT2D eigenvalue weighted by molar-refractivity contribution is -0.368. The molecule has 1 aromatic rings. The number of H-pyrrole nitrogens is 1. The summed E-state index contributed by atoms with van der Waals surface area (Å²) in [5.41, 5.74) is 4.17. The molecule has 21 heavy (non-hydrogen) atoms. The predicted octanol–water partition coefficient (Wildman–Crippen LogP) is 1.49. The van der Waals surface area contributed by atoms with Crippen LogP contribution >= 0.6 is 11.6 Å². The molecule has 0 fully saturated rings. The zero-order valence-corrected chi connectivity index (χ0v) is 11.7. The number of carbonyl (C=O) groups is 1. The largest absolute Gasteiger partial charge is 0.419 e. The number of amides is 2. The van der Waals surface area contributed by atoms with E-state index in [-0.39, 0.29) is 10.8 Å². The minimum absolute atomic E-state index is 0.00557. The topological polar surface area (TPSA) is 85.3 Å². The zero-order chi connectivity index (χ0) is 16.2. The van der Waals surface area contributed by atoms with E-state index < -0.39 is 17.8 Å². The molecule has 0 aromatic carbocycles. The third-order valence-electron chi connectivity index (χ3n) is 2.33. The van der Waals surface area contributed by atoms with Gasteiger partial charge in [-0.05, 0) is 6.07 Å². The molecule has 0 bridgehead atoms. The number of carbonyl (C=O) groups excluding carboxylic acids is 1. The Labute approximate surface area is 122 Å². The Morgan fingerprint density at radius 2 is 2.19 bits per heavy atom. The molecule has 0 unspecified atom stereocenters. The molecule has 0 radical (unpaired) electrons. The molecular weight excluding hydrogens is 315 g/mol. The van der Waals surface area contributed by atoms with Crippen molar-refractivity contribution in [3.8, 4) is 0 Å². The Kier molecular flexibility index (Phi) is 5.19. The average molecular weight is 327 g/mol. The fraction of sp³-hybridized carbons (Fsp3) is 0.300. The van der Waals surface area contributed by atoms with Crippen LogP contribution in [0.15, 0.2) is 17.4 Å². The summed E-state index contributed by atoms with van der Waals surface area (Å²) in [6.45, 7) is 0. The van der Waals surface area contributed by atoms with E-state index in [9.17, 15) is 18.0 Å². The van der Waals surface area contributed by atoms with Crippen LogP contribution < -0.4 is 15.7 Å². The Morgan fingerprint density at radius 3 is 2.62 bits per heavy atom. The highest BCUT2D eigenvalue weighted by Crippen LogP contribution is 2.31. The molecule has 1 heterocycles. The number of halogens is 4. The second-order valence-electron chi connectivity index (χ2n) is 3.69. The average Bonchev–Trinajstić information content (AvgIpc) is 2.37. The number of nitrogens with zero attached hydrogens (tertiary/aromatic N) is 3. The van der Waals surface area contributed by atoms with E-state index in [2.05, 4.69) is 15.0 Å². The first kappa shape index (κ1) is 16.8. The number of hydrogen-bond acceptors (Lipinski definition) is 4. The Balaban J connectivity index is 3.14. The van der Waals surface area contributed by atoms with Gasteiger partial charge in [0.15, 0.2) is 6.34 Å². The maximum absolute atomic E-state index is 12.5. The van der Waals surface area contributed by atoms with Gasteiger partial charge in [-0.15, -0.1) is 10.0 Å². The van der Waals surface area contributed by atoms with Gasteiger partial charge in [-0.1, -0.05) is 16.8 Å². The molecule has 3 N–H and O–H groups in total. The number of nitrogens with two attached hydrogens (primary N) is 1. The SMILES string of the molecule is CO/N=C/N(C(N)=O)N(C)c1[nH+]cc(C(F)(F)F)cc1Cl. The highest BCUT2D eigenvalue weighted by molar-refractivity contribution is 6.32. The van der Waals surface area contributed by atoms with E-state index in [4.69, 9.17) is 17.3 Å². The van der Waals surface area contributed by atoms with Crippen molar-refractivity contribution in [2.45, 2.75) is 6.18 Å². The van der Waals surface area contributed by atoms with Crippen LogP contribution in [0.25, 0.3) is 0 Å². The van der Waals surface area contributed by atoms with Crippen molar-refractivity contribution in [3.05, 3.63) is 22.8 Å². The van der Waals surface area contributed by atoms with Crippen LogP contribution in [0.4, 0.5) is 23.8 Å². The predicted molar refractivity (Wildman–Crippen MR) is 68.3 cm³/mol. The molecule has 0 aliphatic carbocycles. The minimum atomic E-state index is -4.54. The molecule has 0 saturated heterocycles. The summed E-state index contributed by atoms with van der Waals surface area (Å²) in [6, 6.07) is -0.223. The van der Waals surface area contributed by atoms with Gasteiger partial charge in [0, 0.05) is 0 Å². The van der Waals surface area contributed by atoms with E-state index in [1.54, 1.807) is 0 Å². The third kappa shape index (κ3) is 4.12. The minimum Gasteiger partial charge on any atom is -0.398 e. The molecule has 11 heteroatoms. The first-order chi connectivity index (χ1) is 9.68. The highest BCUT2D eigenvalue weighted by Gasteiger charge is 2.34. The lowest BCUT2D eigenvalue weighted by Crippen LogP contribution is -2.48. The van der Waals surface area contributed by atoms with E-state index in [0.717, 1.165) is 22.4 Å². The number of oxime groups is 1. The molecule has 0 spiro atoms. The second kappa shape index (κ2) is 6.48. The van der Waals surface area contributed by atoms with Gasteiger partial charge in [0.1, 0.15) is 25.4 Å². The quantitative estimate of drug-likeness (QED) is 0.517. The molecule has 0 aliphatic rings. The van der Waals surface area contributed by atoms with Gasteiger partial charge < -0.3 is 10.6 Å². The molecular formula is C10H12ClF3N5O2+. The number of aromatic amines is 1. The summed E-state index contributed by atoms with van der Waals surface area (Å²) in [4.78, 5) is 18.0. The number of pyridine rings is 1. The van der Waals surface area contributed by atoms with E-state index in [0.29, 0.717) is 6.20 Å². The van der Waals surface area contributed by atoms with Gasteiger partial charge in [0.05, 0.1) is 5.56 Å². The molecule has 0 saturated carbocycles. The van der Waals surface area contributed by atoms with Gasteiger partial charge in [-0.2, -0.15) is 13.2 Å². The third-order valence-corrected chi connectivity index (χ3v) is 2.62. The molecule has 1 aromatic heterocycles. The highest BCUT2D eigenvalue weighted by atomic mass is 35.5. The number of urea groups is 1. The van der Waals surface area contributed by atoms with Gasteiger partial charge in [0.2, 0.25) is 0 Å². The lowest BCUT2D eigenvalue weighted by Gasteiger charge is -2.20. The first-order valence-electron chi connectivity index (χ1n) is 5.36. The number of aromatic nitrogens is 1. The normalized spacial score (nSPS) is 11.5. The number of alkyl halides is 3. The number of hydrazine groups is 1. The Bertz CT molecular complexity index is 552. The van der Waals surface area contributed by atoms with Gasteiger partial charge >= 0.3 is 18.0 Å². The van der Waals surface area contributed by atoms with E-state index in [1.807, 2.05) is 0 Å². The summed E-state index contributed by atoms with van der Waals surface area (Å²) in [5.74, 6) is 0.00557. The summed E-state index contributed by atoms with van der Waals surface area (Å²) in [5, 5.41) is 4.95. The van der Waals surface area contributed by atoms with Crippen LogP contribution in [0.3, 0.4) is 0 Å². The van der Waals surface area contributed by atoms with E-state index in [1.165, 1.54) is 14.2 Å². The number of rotatable bonds is 4. The smallest absolute Gasteiger partial charge is 0.398 e. The number of anilines is 1. The van der Waals surface area contributed by atoms with Crippen molar-refractivity contribution >= 4 is 29.8 Å². The monoisotopic (exact) mass is 326 g/mol. The second-order valence-corrected chi connectivity index (χ2v) is 4.10. The molecule has 0 aliphatic heterocycles. The van der Waals surface area contributed by atoms with Crippen molar-refractivity contribution in [3.63, 3.8) is 0 Å². The molecule has 1 rings (SSSR count). The van der Waals surface area contributed by atoms with Crippen molar-refractivity contribution < 1.29 is 27.8 Å². The fourth-order valence-electron chi connectivity index (χ4n) is 1.35. The molecule has 2 amide bonds. The van der Waals surface area contributed by atoms with E-state index >= 15 is 0 Å². The fourth-order valence-corrected chi connectivity index (χ4v) is 1.65. The van der Waals surface area contributed by atoms with Crippen LogP contribution in [0.2, 0.25) is 5.02 Å². The van der Waals surface area contributed by atoms with Gasteiger partial charge in [-0.25, -0.2) is 9.78 Å². The van der Waals surface area contributed by atoms with Gasteiger partial charge in [-0.3, -0.25) is 0 Å². The summed E-state index contributed by atoms with van der Waals surface area (Å²) in [6.07, 6.45) is -2.90.